The first-order valence-electron chi connectivity index (χ1n) is 12.5. The topological polar surface area (TPSA) is 106 Å². The predicted octanol–water partition coefficient (Wildman–Crippen LogP) is 3.94. The first-order chi connectivity index (χ1) is 17.7. The Bertz CT molecular complexity index is 1470. The zero-order valence-electron chi connectivity index (χ0n) is 20.7. The SMILES string of the molecule is CS(C)(=O)=NC1CC=C(c2ccc(-c3nc4cc(O[C@@H]5CO[C@H]6[C@@H]5OC[C@H]6O)[nH]c4cc3F)cc2)CC1. The summed E-state index contributed by atoms with van der Waals surface area (Å²) in [5.74, 6) is 0.0223. The maximum atomic E-state index is 15.0. The van der Waals surface area contributed by atoms with E-state index >= 15 is 4.39 Å². The molecule has 0 saturated carbocycles. The van der Waals surface area contributed by atoms with E-state index in [1.165, 1.54) is 11.6 Å². The first-order valence-corrected chi connectivity index (χ1v) is 14.8. The number of aromatic amines is 1. The van der Waals surface area contributed by atoms with Gasteiger partial charge in [0.25, 0.3) is 0 Å². The molecule has 3 aliphatic rings. The molecule has 0 radical (unpaired) electrons. The molecule has 10 heteroatoms. The van der Waals surface area contributed by atoms with Gasteiger partial charge >= 0.3 is 0 Å². The van der Waals surface area contributed by atoms with Crippen LogP contribution in [0.2, 0.25) is 0 Å². The summed E-state index contributed by atoms with van der Waals surface area (Å²) in [6.07, 6.45) is 6.30. The van der Waals surface area contributed by atoms with Crippen LogP contribution in [0.4, 0.5) is 4.39 Å². The van der Waals surface area contributed by atoms with Crippen molar-refractivity contribution in [2.24, 2.45) is 4.36 Å². The third-order valence-electron chi connectivity index (χ3n) is 7.11. The fourth-order valence-corrected chi connectivity index (χ4v) is 6.27. The molecule has 3 aromatic rings. The second kappa shape index (κ2) is 9.50. The second-order valence-electron chi connectivity index (χ2n) is 10.2. The lowest BCUT2D eigenvalue weighted by Crippen LogP contribution is -2.34. The molecule has 37 heavy (non-hydrogen) atoms. The largest absolute Gasteiger partial charge is 0.470 e. The van der Waals surface area contributed by atoms with Crippen molar-refractivity contribution in [3.05, 3.63) is 53.9 Å². The van der Waals surface area contributed by atoms with E-state index in [9.17, 15) is 9.32 Å². The van der Waals surface area contributed by atoms with Crippen molar-refractivity contribution in [1.29, 1.82) is 0 Å². The number of rotatable bonds is 5. The van der Waals surface area contributed by atoms with Crippen LogP contribution in [0.15, 0.2) is 46.8 Å². The van der Waals surface area contributed by atoms with Crippen LogP contribution in [0, 0.1) is 5.82 Å². The number of nitrogens with one attached hydrogen (secondary N) is 1. The number of allylic oxidation sites excluding steroid dienone is 1. The maximum Gasteiger partial charge on any atom is 0.193 e. The van der Waals surface area contributed by atoms with Gasteiger partial charge in [-0.2, -0.15) is 0 Å². The third kappa shape index (κ3) is 5.03. The molecule has 1 aromatic carbocycles. The lowest BCUT2D eigenvalue weighted by atomic mass is 9.90. The molecule has 1 unspecified atom stereocenters. The summed E-state index contributed by atoms with van der Waals surface area (Å²) in [4.78, 5) is 7.63. The number of nitrogens with zero attached hydrogens (tertiary/aromatic N) is 2. The van der Waals surface area contributed by atoms with Gasteiger partial charge in [0.2, 0.25) is 0 Å². The zero-order chi connectivity index (χ0) is 25.7. The smallest absolute Gasteiger partial charge is 0.193 e. The summed E-state index contributed by atoms with van der Waals surface area (Å²) in [5.41, 5.74) is 4.40. The molecule has 2 N–H and O–H groups in total. The highest BCUT2D eigenvalue weighted by Crippen LogP contribution is 2.33. The number of aliphatic hydroxyl groups is 1. The van der Waals surface area contributed by atoms with Crippen LogP contribution in [0.3, 0.4) is 0 Å². The zero-order valence-corrected chi connectivity index (χ0v) is 21.5. The van der Waals surface area contributed by atoms with E-state index in [2.05, 4.69) is 20.4 Å². The summed E-state index contributed by atoms with van der Waals surface area (Å²) < 4.78 is 48.7. The molecule has 0 bridgehead atoms. The minimum Gasteiger partial charge on any atom is -0.470 e. The Balaban J connectivity index is 1.19. The fraction of sp³-hybridized carbons (Fsp3) is 0.444. The molecule has 2 fully saturated rings. The van der Waals surface area contributed by atoms with Crippen LogP contribution in [0.25, 0.3) is 27.9 Å². The van der Waals surface area contributed by atoms with Gasteiger partial charge in [-0.3, -0.25) is 4.21 Å². The van der Waals surface area contributed by atoms with E-state index in [4.69, 9.17) is 14.2 Å². The predicted molar refractivity (Wildman–Crippen MR) is 139 cm³/mol. The summed E-state index contributed by atoms with van der Waals surface area (Å²) in [6, 6.07) is 11.0. The van der Waals surface area contributed by atoms with Crippen LogP contribution in [0.5, 0.6) is 5.88 Å². The summed E-state index contributed by atoms with van der Waals surface area (Å²) in [6.45, 7) is 0.537. The van der Waals surface area contributed by atoms with Gasteiger partial charge in [0, 0.05) is 39.9 Å². The second-order valence-corrected chi connectivity index (χ2v) is 12.8. The maximum absolute atomic E-state index is 15.0. The number of hydrogen-bond acceptors (Lipinski definition) is 7. The highest BCUT2D eigenvalue weighted by atomic mass is 32.2. The van der Waals surface area contributed by atoms with Crippen LogP contribution in [-0.4, -0.2) is 75.5 Å². The molecule has 5 atom stereocenters. The average molecular weight is 528 g/mol. The van der Waals surface area contributed by atoms with Crippen molar-refractivity contribution in [2.45, 2.75) is 49.7 Å². The Kier molecular flexibility index (Phi) is 6.30. The van der Waals surface area contributed by atoms with Gasteiger partial charge in [0.15, 0.2) is 17.8 Å². The van der Waals surface area contributed by atoms with E-state index in [-0.39, 0.29) is 36.7 Å². The molecule has 2 saturated heterocycles. The average Bonchev–Trinajstić information content (AvgIpc) is 3.55. The lowest BCUT2D eigenvalue weighted by molar-refractivity contribution is 0.00794. The number of fused-ring (bicyclic) bond motifs is 2. The van der Waals surface area contributed by atoms with Crippen molar-refractivity contribution in [1.82, 2.24) is 9.97 Å². The standard InChI is InChI=1S/C27H30FN3O5S/c1-37(2,33)31-18-9-7-16(8-10-18)15-3-5-17(6-4-15)25-19(28)11-20-21(30-25)12-24(29-20)36-23-14-35-26-22(32)13-34-27(23)26/h3-7,11-12,18,22-23,26-27,29,32H,8-10,13-14H2,1-2H3/t18?,22-,23-,26-,27-/m1/s1. The van der Waals surface area contributed by atoms with Crippen LogP contribution in [0.1, 0.15) is 24.8 Å². The van der Waals surface area contributed by atoms with Crippen LogP contribution < -0.4 is 4.74 Å². The minimum atomic E-state index is -2.10. The minimum absolute atomic E-state index is 0.102. The summed E-state index contributed by atoms with van der Waals surface area (Å²) in [5, 5.41) is 9.92. The Morgan fingerprint density at radius 1 is 1.14 bits per heavy atom. The van der Waals surface area contributed by atoms with E-state index in [1.54, 1.807) is 18.6 Å². The molecule has 0 spiro atoms. The summed E-state index contributed by atoms with van der Waals surface area (Å²) >= 11 is 0. The molecular formula is C27H30FN3O5S. The molecule has 8 nitrogen and oxygen atoms in total. The van der Waals surface area contributed by atoms with Gasteiger partial charge in [0.1, 0.15) is 24.0 Å². The van der Waals surface area contributed by atoms with Crippen molar-refractivity contribution < 1.29 is 27.9 Å². The molecule has 1 aliphatic carbocycles. The number of halogens is 1. The lowest BCUT2D eigenvalue weighted by Gasteiger charge is -2.19. The number of aliphatic hydroxyl groups excluding tert-OH is 1. The van der Waals surface area contributed by atoms with Gasteiger partial charge in [-0.05, 0) is 30.4 Å². The van der Waals surface area contributed by atoms with Gasteiger partial charge in [-0.15, -0.1) is 0 Å². The molecule has 2 aliphatic heterocycles. The number of ether oxygens (including phenoxy) is 3. The van der Waals surface area contributed by atoms with Gasteiger partial charge in [-0.25, -0.2) is 13.7 Å². The monoisotopic (exact) mass is 527 g/mol. The quantitative estimate of drug-likeness (QED) is 0.521. The Morgan fingerprint density at radius 2 is 1.89 bits per heavy atom. The van der Waals surface area contributed by atoms with Crippen LogP contribution >= 0.6 is 0 Å². The van der Waals surface area contributed by atoms with Gasteiger partial charge < -0.3 is 24.3 Å². The van der Waals surface area contributed by atoms with Crippen molar-refractivity contribution in [3.63, 3.8) is 0 Å². The number of H-pyrrole nitrogens is 1. The third-order valence-corrected chi connectivity index (χ3v) is 7.91. The molecule has 4 heterocycles. The number of hydrogen-bond donors (Lipinski definition) is 2. The van der Waals surface area contributed by atoms with Crippen molar-refractivity contribution in [2.75, 3.05) is 25.7 Å². The van der Waals surface area contributed by atoms with Crippen molar-refractivity contribution in [3.8, 4) is 17.1 Å². The fourth-order valence-electron chi connectivity index (χ4n) is 5.36. The molecule has 2 aromatic heterocycles. The first kappa shape index (κ1) is 24.5. The summed E-state index contributed by atoms with van der Waals surface area (Å²) in [7, 11) is -2.10. The Morgan fingerprint density at radius 3 is 2.62 bits per heavy atom. The Hall–Kier alpha value is -2.79. The molecule has 6 rings (SSSR count). The number of benzene rings is 1. The van der Waals surface area contributed by atoms with E-state index in [1.807, 2.05) is 24.3 Å². The normalized spacial score (nSPS) is 27.8. The number of pyridine rings is 1. The highest BCUT2D eigenvalue weighted by molar-refractivity contribution is 7.92. The molecular weight excluding hydrogens is 497 g/mol. The van der Waals surface area contributed by atoms with Crippen LogP contribution in [-0.2, 0) is 19.2 Å². The highest BCUT2D eigenvalue weighted by Gasteiger charge is 2.48. The molecule has 0 amide bonds. The van der Waals surface area contributed by atoms with E-state index in [0.717, 1.165) is 24.8 Å². The molecule has 196 valence electrons. The van der Waals surface area contributed by atoms with E-state index in [0.29, 0.717) is 29.1 Å². The Labute approximate surface area is 215 Å². The number of aromatic nitrogens is 2. The van der Waals surface area contributed by atoms with E-state index < -0.39 is 21.7 Å². The van der Waals surface area contributed by atoms with Gasteiger partial charge in [0.05, 0.1) is 30.3 Å². The van der Waals surface area contributed by atoms with Crippen molar-refractivity contribution >= 4 is 26.3 Å². The van der Waals surface area contributed by atoms with Gasteiger partial charge in [-0.1, -0.05) is 30.3 Å².